The molecule has 0 saturated carbocycles. The Bertz CT molecular complexity index is 3050. The maximum Gasteiger partial charge on any atom is 0.323 e. The van der Waals surface area contributed by atoms with Gasteiger partial charge in [-0.1, -0.05) is 24.3 Å². The molecule has 6 aromatic rings. The number of carbonyl (C=O) groups excluding carboxylic acids is 1. The standard InChI is InChI=1S/C35H26N4O13S4/c1-17-3-9-27-31(33(17)53(43,44)38(27)29-15-21(40)11-19-13-23(55(47,48)49)5-7-25(19)29)36-35(42)37-32-28-10-4-18(2)34(32)54(45,46)39(28)30-16-22(41)12-20-14-24(56(50,51)52)6-8-26(20)30/h3-16,40-41H,1-2H3,(H2,36,37,42)(H,47,48,49)(H,50,51,52). The number of urea groups is 1. The predicted molar refractivity (Wildman–Crippen MR) is 205 cm³/mol. The van der Waals surface area contributed by atoms with Crippen LogP contribution in [0.5, 0.6) is 11.5 Å². The Kier molecular flexibility index (Phi) is 7.93. The third kappa shape index (κ3) is 5.58. The van der Waals surface area contributed by atoms with Crippen LogP contribution in [0, 0.1) is 13.8 Å². The Morgan fingerprint density at radius 3 is 1.29 bits per heavy atom. The molecule has 2 aliphatic heterocycles. The summed E-state index contributed by atoms with van der Waals surface area (Å²) in [5, 5.41) is 26.7. The van der Waals surface area contributed by atoms with Crippen molar-refractivity contribution < 1.29 is 57.8 Å². The van der Waals surface area contributed by atoms with Crippen LogP contribution in [0.3, 0.4) is 0 Å². The summed E-state index contributed by atoms with van der Waals surface area (Å²) >= 11 is 0. The van der Waals surface area contributed by atoms with Gasteiger partial charge < -0.3 is 20.8 Å². The number of fused-ring (bicyclic) bond motifs is 6. The minimum atomic E-state index is -4.66. The molecule has 2 amide bonds. The van der Waals surface area contributed by atoms with Crippen molar-refractivity contribution in [1.29, 1.82) is 0 Å². The summed E-state index contributed by atoms with van der Waals surface area (Å²) in [6.07, 6.45) is 0. The fourth-order valence-corrected chi connectivity index (χ4v) is 11.9. The molecule has 0 saturated heterocycles. The minimum Gasteiger partial charge on any atom is -0.508 e. The van der Waals surface area contributed by atoms with E-state index in [0.717, 1.165) is 45.0 Å². The number of benzene rings is 6. The second-order valence-electron chi connectivity index (χ2n) is 13.0. The van der Waals surface area contributed by atoms with Crippen LogP contribution < -0.4 is 19.2 Å². The SMILES string of the molecule is Cc1ccc2c(NC(=O)Nc3c4ccc(C)c3S(=O)(=O)N4c3cc(O)cc4cc(S(=O)(=O)O)ccc34)c1S(=O)(=O)N2c1cc(O)cc2cc(S(=O)(=O)O)ccc12. The van der Waals surface area contributed by atoms with Gasteiger partial charge in [0, 0.05) is 22.9 Å². The molecule has 0 fully saturated rings. The van der Waals surface area contributed by atoms with Crippen LogP contribution in [0.2, 0.25) is 0 Å². The first-order valence-corrected chi connectivity index (χ1v) is 21.8. The van der Waals surface area contributed by atoms with Crippen molar-refractivity contribution in [2.45, 2.75) is 33.4 Å². The van der Waals surface area contributed by atoms with E-state index in [4.69, 9.17) is 0 Å². The van der Waals surface area contributed by atoms with E-state index < -0.39 is 67.6 Å². The minimum absolute atomic E-state index is 0.0661. The molecule has 0 aromatic heterocycles. The predicted octanol–water partition coefficient (Wildman–Crippen LogP) is 5.84. The van der Waals surface area contributed by atoms with Gasteiger partial charge in [-0.05, 0) is 84.3 Å². The lowest BCUT2D eigenvalue weighted by molar-refractivity contribution is 0.262. The lowest BCUT2D eigenvalue weighted by Gasteiger charge is -2.21. The Morgan fingerprint density at radius 1 is 0.554 bits per heavy atom. The highest BCUT2D eigenvalue weighted by atomic mass is 32.2. The Labute approximate surface area is 318 Å². The van der Waals surface area contributed by atoms with Crippen molar-refractivity contribution in [3.05, 3.63) is 96.1 Å². The molecule has 0 unspecified atom stereocenters. The van der Waals surface area contributed by atoms with Gasteiger partial charge in [0.25, 0.3) is 40.3 Å². The third-order valence-corrected chi connectivity index (χ3v) is 14.9. The fourth-order valence-electron chi connectivity index (χ4n) is 7.10. The van der Waals surface area contributed by atoms with Crippen molar-refractivity contribution in [2.75, 3.05) is 19.2 Å². The third-order valence-electron chi connectivity index (χ3n) is 9.38. The van der Waals surface area contributed by atoms with Crippen LogP contribution in [0.4, 0.5) is 38.9 Å². The number of carbonyl (C=O) groups is 1. The highest BCUT2D eigenvalue weighted by molar-refractivity contribution is 7.94. The number of phenolic OH excluding ortho intramolecular Hbond substituents is 2. The lowest BCUT2D eigenvalue weighted by Crippen LogP contribution is -2.21. The molecule has 288 valence electrons. The molecule has 17 nitrogen and oxygen atoms in total. The molecule has 0 aliphatic carbocycles. The van der Waals surface area contributed by atoms with Crippen molar-refractivity contribution in [3.63, 3.8) is 0 Å². The van der Waals surface area contributed by atoms with Gasteiger partial charge in [-0.3, -0.25) is 9.11 Å². The van der Waals surface area contributed by atoms with Gasteiger partial charge in [0.15, 0.2) is 0 Å². The summed E-state index contributed by atoms with van der Waals surface area (Å²) in [6, 6.07) is 16.0. The zero-order valence-corrected chi connectivity index (χ0v) is 31.8. The molecule has 4 bridgehead atoms. The van der Waals surface area contributed by atoms with E-state index in [9.17, 15) is 57.8 Å². The van der Waals surface area contributed by atoms with E-state index in [1.165, 1.54) is 62.4 Å². The molecular weight excluding hydrogens is 813 g/mol. The summed E-state index contributed by atoms with van der Waals surface area (Å²) in [7, 11) is -18.4. The summed E-state index contributed by atoms with van der Waals surface area (Å²) < 4.78 is 125. The molecule has 0 spiro atoms. The Morgan fingerprint density at radius 2 is 0.929 bits per heavy atom. The normalized spacial score (nSPS) is 15.4. The molecule has 6 N–H and O–H groups in total. The van der Waals surface area contributed by atoms with Gasteiger partial charge in [-0.25, -0.2) is 30.2 Å². The molecule has 6 aromatic carbocycles. The zero-order chi connectivity index (χ0) is 40.4. The van der Waals surface area contributed by atoms with E-state index in [0.29, 0.717) is 0 Å². The molecule has 0 atom stereocenters. The number of anilines is 6. The van der Waals surface area contributed by atoms with Crippen LogP contribution in [0.1, 0.15) is 11.1 Å². The fraction of sp³-hybridized carbons (Fsp3) is 0.0571. The Balaban J connectivity index is 1.21. The van der Waals surface area contributed by atoms with Crippen molar-refractivity contribution in [2.24, 2.45) is 0 Å². The van der Waals surface area contributed by atoms with Gasteiger partial charge in [0.2, 0.25) is 0 Å². The van der Waals surface area contributed by atoms with E-state index in [1.54, 1.807) is 0 Å². The van der Waals surface area contributed by atoms with Crippen LogP contribution in [0.15, 0.2) is 105 Å². The topological polar surface area (TPSA) is 265 Å². The van der Waals surface area contributed by atoms with Gasteiger partial charge in [-0.15, -0.1) is 0 Å². The zero-order valence-electron chi connectivity index (χ0n) is 28.6. The number of nitrogens with one attached hydrogen (secondary N) is 2. The van der Waals surface area contributed by atoms with Crippen LogP contribution in [0.25, 0.3) is 21.5 Å². The first kappa shape index (κ1) is 37.0. The second kappa shape index (κ2) is 12.0. The molecule has 21 heteroatoms. The first-order valence-electron chi connectivity index (χ1n) is 16.0. The van der Waals surface area contributed by atoms with E-state index in [1.807, 2.05) is 0 Å². The quantitative estimate of drug-likeness (QED) is 0.108. The van der Waals surface area contributed by atoms with Crippen LogP contribution in [-0.2, 0) is 40.3 Å². The maximum atomic E-state index is 14.2. The second-order valence-corrected chi connectivity index (χ2v) is 19.3. The number of hydrogen-bond acceptors (Lipinski definition) is 11. The van der Waals surface area contributed by atoms with Crippen molar-refractivity contribution in [3.8, 4) is 11.5 Å². The summed E-state index contributed by atoms with van der Waals surface area (Å²) in [6.45, 7) is 2.96. The van der Waals surface area contributed by atoms with Gasteiger partial charge in [-0.2, -0.15) is 16.8 Å². The lowest BCUT2D eigenvalue weighted by atomic mass is 10.1. The smallest absolute Gasteiger partial charge is 0.323 e. The van der Waals surface area contributed by atoms with Crippen molar-refractivity contribution >= 4 is 102 Å². The van der Waals surface area contributed by atoms with E-state index in [2.05, 4.69) is 10.6 Å². The number of sulfonamides is 2. The number of aryl methyl sites for hydroxylation is 2. The van der Waals surface area contributed by atoms with E-state index >= 15 is 0 Å². The van der Waals surface area contributed by atoms with E-state index in [-0.39, 0.29) is 76.6 Å². The molecule has 2 heterocycles. The molecular formula is C35H26N4O13S4. The molecule has 56 heavy (non-hydrogen) atoms. The highest BCUT2D eigenvalue weighted by Gasteiger charge is 2.44. The van der Waals surface area contributed by atoms with Crippen LogP contribution >= 0.6 is 0 Å². The number of aromatic hydroxyl groups is 2. The van der Waals surface area contributed by atoms with Gasteiger partial charge in [0.1, 0.15) is 21.3 Å². The van der Waals surface area contributed by atoms with Gasteiger partial charge >= 0.3 is 6.03 Å². The Hall–Kier alpha value is -5.97. The highest BCUT2D eigenvalue weighted by Crippen LogP contribution is 2.53. The number of hydrogen-bond donors (Lipinski definition) is 6. The molecule has 0 radical (unpaired) electrons. The average Bonchev–Trinajstić information content (AvgIpc) is 3.33. The monoisotopic (exact) mass is 838 g/mol. The molecule has 2 aliphatic rings. The number of rotatable bonds is 6. The summed E-state index contributed by atoms with van der Waals surface area (Å²) in [4.78, 5) is 12.2. The molecule has 8 rings (SSSR count). The van der Waals surface area contributed by atoms with Gasteiger partial charge in [0.05, 0.1) is 43.9 Å². The van der Waals surface area contributed by atoms with Crippen molar-refractivity contribution in [1.82, 2.24) is 0 Å². The summed E-state index contributed by atoms with van der Waals surface area (Å²) in [5.74, 6) is -0.887. The van der Waals surface area contributed by atoms with Crippen LogP contribution in [-0.4, -0.2) is 59.0 Å². The largest absolute Gasteiger partial charge is 0.508 e. The maximum absolute atomic E-state index is 14.2. The number of phenols is 2. The average molecular weight is 839 g/mol. The number of nitrogens with zero attached hydrogens (tertiary/aromatic N) is 2. The first-order chi connectivity index (χ1) is 26.1. The number of amides is 2. The summed E-state index contributed by atoms with van der Waals surface area (Å²) in [5.41, 5.74) is -0.340.